The Bertz CT molecular complexity index is 691. The van der Waals surface area contributed by atoms with Gasteiger partial charge in [0.25, 0.3) is 5.91 Å². The molecule has 0 spiro atoms. The second kappa shape index (κ2) is 5.35. The highest BCUT2D eigenvalue weighted by Crippen LogP contribution is 2.40. The molecule has 0 unspecified atom stereocenters. The second-order valence-electron chi connectivity index (χ2n) is 4.91. The zero-order chi connectivity index (χ0) is 14.8. The van der Waals surface area contributed by atoms with Gasteiger partial charge < -0.3 is 14.9 Å². The summed E-state index contributed by atoms with van der Waals surface area (Å²) >= 11 is 0. The van der Waals surface area contributed by atoms with Crippen LogP contribution in [0.25, 0.3) is 0 Å². The van der Waals surface area contributed by atoms with Crippen molar-refractivity contribution in [3.63, 3.8) is 0 Å². The van der Waals surface area contributed by atoms with Crippen molar-refractivity contribution in [2.24, 2.45) is 0 Å². The first-order valence-corrected chi connectivity index (χ1v) is 6.56. The molecule has 1 aliphatic carbocycles. The van der Waals surface area contributed by atoms with Gasteiger partial charge in [0.1, 0.15) is 5.76 Å². The highest BCUT2D eigenvalue weighted by atomic mass is 16.5. The van der Waals surface area contributed by atoms with E-state index in [4.69, 9.17) is 9.63 Å². The molecule has 1 amide bonds. The molecular weight excluding hydrogens is 274 g/mol. The number of nitrogens with one attached hydrogen (secondary N) is 1. The van der Waals surface area contributed by atoms with Gasteiger partial charge in [-0.15, -0.1) is 0 Å². The highest BCUT2D eigenvalue weighted by molar-refractivity contribution is 5.92. The number of carbonyl (C=O) groups excluding carboxylic acids is 1. The number of hydrogen-bond donors (Lipinski definition) is 2. The van der Waals surface area contributed by atoms with Gasteiger partial charge in [0.2, 0.25) is 0 Å². The van der Waals surface area contributed by atoms with Crippen LogP contribution in [-0.2, 0) is 6.54 Å². The fourth-order valence-corrected chi connectivity index (χ4v) is 1.93. The lowest BCUT2D eigenvalue weighted by Crippen LogP contribution is -2.23. The van der Waals surface area contributed by atoms with Crippen LogP contribution in [-0.4, -0.2) is 27.1 Å². The molecule has 2 aromatic heterocycles. The quantitative estimate of drug-likeness (QED) is 0.864. The molecule has 0 saturated heterocycles. The third-order valence-electron chi connectivity index (χ3n) is 3.23. The summed E-state index contributed by atoms with van der Waals surface area (Å²) in [5.41, 5.74) is 0.826. The Morgan fingerprint density at radius 3 is 2.90 bits per heavy atom. The number of aromatic nitrogens is 2. The monoisotopic (exact) mass is 287 g/mol. The summed E-state index contributed by atoms with van der Waals surface area (Å²) < 4.78 is 5.11. The Kier molecular flexibility index (Phi) is 3.39. The molecule has 2 heterocycles. The Hall–Kier alpha value is -2.70. The van der Waals surface area contributed by atoms with E-state index < -0.39 is 5.97 Å². The number of carboxylic acid groups (broad SMARTS) is 1. The SMILES string of the molecule is O=C(O)c1ccnc(CNC(=O)c2cc(C3CC3)on2)c1. The van der Waals surface area contributed by atoms with Crippen LogP contribution in [0.15, 0.2) is 28.9 Å². The van der Waals surface area contributed by atoms with Crippen molar-refractivity contribution in [1.29, 1.82) is 0 Å². The van der Waals surface area contributed by atoms with Gasteiger partial charge in [-0.1, -0.05) is 5.16 Å². The number of carbonyl (C=O) groups is 2. The van der Waals surface area contributed by atoms with E-state index in [1.807, 2.05) is 0 Å². The molecule has 7 nitrogen and oxygen atoms in total. The van der Waals surface area contributed by atoms with E-state index in [-0.39, 0.29) is 23.7 Å². The summed E-state index contributed by atoms with van der Waals surface area (Å²) in [5.74, 6) is -0.261. The Balaban J connectivity index is 1.62. The maximum absolute atomic E-state index is 11.9. The number of pyridine rings is 1. The van der Waals surface area contributed by atoms with Crippen molar-refractivity contribution in [2.75, 3.05) is 0 Å². The van der Waals surface area contributed by atoms with Crippen molar-refractivity contribution < 1.29 is 19.2 Å². The first kappa shape index (κ1) is 13.3. The van der Waals surface area contributed by atoms with Crippen LogP contribution in [0.4, 0.5) is 0 Å². The largest absolute Gasteiger partial charge is 0.478 e. The minimum absolute atomic E-state index is 0.131. The fraction of sp³-hybridized carbons (Fsp3) is 0.286. The van der Waals surface area contributed by atoms with E-state index in [0.29, 0.717) is 11.6 Å². The molecule has 7 heteroatoms. The third kappa shape index (κ3) is 3.07. The summed E-state index contributed by atoms with van der Waals surface area (Å²) in [6, 6.07) is 4.46. The van der Waals surface area contributed by atoms with Crippen molar-refractivity contribution >= 4 is 11.9 Å². The summed E-state index contributed by atoms with van der Waals surface area (Å²) in [4.78, 5) is 26.8. The molecule has 108 valence electrons. The van der Waals surface area contributed by atoms with Gasteiger partial charge in [0.05, 0.1) is 17.8 Å². The summed E-state index contributed by atoms with van der Waals surface area (Å²) in [6.07, 6.45) is 3.54. The average molecular weight is 287 g/mol. The number of rotatable bonds is 5. The van der Waals surface area contributed by atoms with Crippen LogP contribution in [0.1, 0.15) is 51.1 Å². The normalized spacial score (nSPS) is 13.9. The van der Waals surface area contributed by atoms with Crippen molar-refractivity contribution in [1.82, 2.24) is 15.5 Å². The summed E-state index contributed by atoms with van der Waals surface area (Å²) in [6.45, 7) is 0.131. The molecule has 1 aliphatic rings. The van der Waals surface area contributed by atoms with Gasteiger partial charge in [-0.05, 0) is 25.0 Å². The van der Waals surface area contributed by atoms with Crippen LogP contribution in [0.5, 0.6) is 0 Å². The molecule has 0 aromatic carbocycles. The first-order chi connectivity index (χ1) is 10.1. The minimum Gasteiger partial charge on any atom is -0.478 e. The molecule has 0 bridgehead atoms. The molecule has 0 aliphatic heterocycles. The predicted molar refractivity (Wildman–Crippen MR) is 70.8 cm³/mol. The van der Waals surface area contributed by atoms with Gasteiger partial charge in [-0.2, -0.15) is 0 Å². The van der Waals surface area contributed by atoms with Crippen LogP contribution in [0.2, 0.25) is 0 Å². The zero-order valence-electron chi connectivity index (χ0n) is 11.1. The standard InChI is InChI=1S/C14H13N3O4/c18-13(11-6-12(21-17-11)8-1-2-8)16-7-10-5-9(14(19)20)3-4-15-10/h3-6,8H,1-2,7H2,(H,16,18)(H,19,20). The molecule has 2 aromatic rings. The first-order valence-electron chi connectivity index (χ1n) is 6.56. The van der Waals surface area contributed by atoms with E-state index in [2.05, 4.69) is 15.5 Å². The molecule has 2 N–H and O–H groups in total. The molecule has 0 atom stereocenters. The molecule has 21 heavy (non-hydrogen) atoms. The summed E-state index contributed by atoms with van der Waals surface area (Å²) in [7, 11) is 0. The summed E-state index contributed by atoms with van der Waals surface area (Å²) in [5, 5.41) is 15.3. The number of amides is 1. The number of hydrogen-bond acceptors (Lipinski definition) is 5. The lowest BCUT2D eigenvalue weighted by molar-refractivity contribution is 0.0696. The number of carboxylic acids is 1. The molecule has 3 rings (SSSR count). The maximum atomic E-state index is 11.9. The molecule has 1 saturated carbocycles. The van der Waals surface area contributed by atoms with Crippen LogP contribution in [0.3, 0.4) is 0 Å². The van der Waals surface area contributed by atoms with Gasteiger partial charge in [-0.25, -0.2) is 4.79 Å². The Labute approximate surface area is 120 Å². The topological polar surface area (TPSA) is 105 Å². The van der Waals surface area contributed by atoms with E-state index in [1.165, 1.54) is 18.3 Å². The minimum atomic E-state index is -1.03. The second-order valence-corrected chi connectivity index (χ2v) is 4.91. The van der Waals surface area contributed by atoms with Crippen molar-refractivity contribution in [3.05, 3.63) is 47.1 Å². The Morgan fingerprint density at radius 2 is 2.19 bits per heavy atom. The Morgan fingerprint density at radius 1 is 1.38 bits per heavy atom. The van der Waals surface area contributed by atoms with E-state index in [0.717, 1.165) is 18.6 Å². The average Bonchev–Trinajstić information content (AvgIpc) is 3.22. The van der Waals surface area contributed by atoms with E-state index >= 15 is 0 Å². The fourth-order valence-electron chi connectivity index (χ4n) is 1.93. The zero-order valence-corrected chi connectivity index (χ0v) is 11.1. The third-order valence-corrected chi connectivity index (χ3v) is 3.23. The lowest BCUT2D eigenvalue weighted by atomic mass is 10.2. The van der Waals surface area contributed by atoms with E-state index in [9.17, 15) is 9.59 Å². The van der Waals surface area contributed by atoms with Gasteiger partial charge in [0, 0.05) is 18.2 Å². The van der Waals surface area contributed by atoms with Crippen molar-refractivity contribution in [3.8, 4) is 0 Å². The predicted octanol–water partition coefficient (Wildman–Crippen LogP) is 1.58. The maximum Gasteiger partial charge on any atom is 0.335 e. The van der Waals surface area contributed by atoms with E-state index in [1.54, 1.807) is 6.07 Å². The molecule has 1 fully saturated rings. The van der Waals surface area contributed by atoms with Crippen molar-refractivity contribution in [2.45, 2.75) is 25.3 Å². The highest BCUT2D eigenvalue weighted by Gasteiger charge is 2.28. The smallest absolute Gasteiger partial charge is 0.335 e. The van der Waals surface area contributed by atoms with Crippen LogP contribution < -0.4 is 5.32 Å². The van der Waals surface area contributed by atoms with Gasteiger partial charge in [-0.3, -0.25) is 9.78 Å². The number of nitrogens with zero attached hydrogens (tertiary/aromatic N) is 2. The van der Waals surface area contributed by atoms with Crippen LogP contribution >= 0.6 is 0 Å². The van der Waals surface area contributed by atoms with Gasteiger partial charge in [0.15, 0.2) is 5.69 Å². The van der Waals surface area contributed by atoms with Crippen LogP contribution in [0, 0.1) is 0 Å². The molecule has 0 radical (unpaired) electrons. The van der Waals surface area contributed by atoms with Gasteiger partial charge >= 0.3 is 5.97 Å². The number of aromatic carboxylic acids is 1. The molecular formula is C14H13N3O4. The lowest BCUT2D eigenvalue weighted by Gasteiger charge is -2.03.